The van der Waals surface area contributed by atoms with Crippen molar-refractivity contribution in [3.63, 3.8) is 0 Å². The van der Waals surface area contributed by atoms with Gasteiger partial charge >= 0.3 is 0 Å². The summed E-state index contributed by atoms with van der Waals surface area (Å²) < 4.78 is 5.46. The highest BCUT2D eigenvalue weighted by Crippen LogP contribution is 2.23. The van der Waals surface area contributed by atoms with Gasteiger partial charge in [0.05, 0.1) is 7.11 Å². The molecule has 0 aliphatic rings. The number of hydrogen-bond acceptors (Lipinski definition) is 2. The van der Waals surface area contributed by atoms with Gasteiger partial charge in [0.25, 0.3) is 0 Å². The Morgan fingerprint density at radius 1 is 1.21 bits per heavy atom. The Labute approximate surface area is 118 Å². The maximum atomic E-state index is 5.46. The minimum Gasteiger partial charge on any atom is -0.496 e. The number of rotatable bonds is 9. The average molecular weight is 263 g/mol. The smallest absolute Gasteiger partial charge is 0.122 e. The zero-order chi connectivity index (χ0) is 14.1. The minimum absolute atomic E-state index is 0.683. The van der Waals surface area contributed by atoms with Gasteiger partial charge in [0.2, 0.25) is 0 Å². The van der Waals surface area contributed by atoms with Crippen LogP contribution in [0.1, 0.15) is 39.2 Å². The highest BCUT2D eigenvalue weighted by Gasteiger charge is 2.13. The third kappa shape index (κ3) is 6.11. The molecule has 19 heavy (non-hydrogen) atoms. The Kier molecular flexibility index (Phi) is 7.57. The van der Waals surface area contributed by atoms with E-state index in [0.717, 1.165) is 31.2 Å². The molecular weight excluding hydrogens is 234 g/mol. The third-order valence-electron chi connectivity index (χ3n) is 3.37. The van der Waals surface area contributed by atoms with Crippen molar-refractivity contribution in [2.45, 2.75) is 40.0 Å². The molecule has 0 amide bonds. The molecule has 1 aromatic carbocycles. The van der Waals surface area contributed by atoms with E-state index in [1.54, 1.807) is 7.11 Å². The summed E-state index contributed by atoms with van der Waals surface area (Å²) in [6.45, 7) is 9.03. The SMILES string of the molecule is CCCNCC(Cc1ccccc1OC)CC(C)C. The lowest BCUT2D eigenvalue weighted by molar-refractivity contribution is 0.371. The van der Waals surface area contributed by atoms with Crippen molar-refractivity contribution in [3.8, 4) is 5.75 Å². The lowest BCUT2D eigenvalue weighted by Crippen LogP contribution is -2.26. The lowest BCUT2D eigenvalue weighted by atomic mass is 9.90. The largest absolute Gasteiger partial charge is 0.496 e. The summed E-state index contributed by atoms with van der Waals surface area (Å²) in [6, 6.07) is 8.38. The Hall–Kier alpha value is -1.02. The van der Waals surface area contributed by atoms with Crippen LogP contribution in [0.3, 0.4) is 0 Å². The zero-order valence-corrected chi connectivity index (χ0v) is 12.9. The molecule has 0 aromatic heterocycles. The standard InChI is InChI=1S/C17H29NO/c1-5-10-18-13-15(11-14(2)3)12-16-8-6-7-9-17(16)19-4/h6-9,14-15,18H,5,10-13H2,1-4H3. The van der Waals surface area contributed by atoms with Gasteiger partial charge in [-0.15, -0.1) is 0 Å². The summed E-state index contributed by atoms with van der Waals surface area (Å²) in [7, 11) is 1.76. The van der Waals surface area contributed by atoms with Crippen LogP contribution in [0.25, 0.3) is 0 Å². The number of benzene rings is 1. The van der Waals surface area contributed by atoms with Crippen molar-refractivity contribution in [1.29, 1.82) is 0 Å². The molecule has 0 fully saturated rings. The third-order valence-corrected chi connectivity index (χ3v) is 3.37. The molecule has 1 rings (SSSR count). The van der Waals surface area contributed by atoms with E-state index in [9.17, 15) is 0 Å². The lowest BCUT2D eigenvalue weighted by Gasteiger charge is -2.21. The monoisotopic (exact) mass is 263 g/mol. The molecule has 108 valence electrons. The molecule has 0 aliphatic heterocycles. The Balaban J connectivity index is 2.64. The van der Waals surface area contributed by atoms with Crippen molar-refractivity contribution < 1.29 is 4.74 Å². The molecule has 0 aliphatic carbocycles. The van der Waals surface area contributed by atoms with Crippen molar-refractivity contribution in [2.24, 2.45) is 11.8 Å². The van der Waals surface area contributed by atoms with E-state index in [-0.39, 0.29) is 0 Å². The summed E-state index contributed by atoms with van der Waals surface area (Å²) in [6.07, 6.45) is 3.55. The van der Waals surface area contributed by atoms with Crippen LogP contribution in [0.5, 0.6) is 5.75 Å². The van der Waals surface area contributed by atoms with Crippen LogP contribution >= 0.6 is 0 Å². The van der Waals surface area contributed by atoms with E-state index >= 15 is 0 Å². The average Bonchev–Trinajstić information content (AvgIpc) is 2.39. The zero-order valence-electron chi connectivity index (χ0n) is 12.9. The van der Waals surface area contributed by atoms with E-state index in [4.69, 9.17) is 4.74 Å². The molecular formula is C17H29NO. The van der Waals surface area contributed by atoms with Crippen LogP contribution < -0.4 is 10.1 Å². The van der Waals surface area contributed by atoms with E-state index in [2.05, 4.69) is 44.3 Å². The highest BCUT2D eigenvalue weighted by molar-refractivity contribution is 5.33. The number of hydrogen-bond donors (Lipinski definition) is 1. The van der Waals surface area contributed by atoms with E-state index in [1.165, 1.54) is 18.4 Å². The first-order valence-corrected chi connectivity index (χ1v) is 7.50. The quantitative estimate of drug-likeness (QED) is 0.682. The van der Waals surface area contributed by atoms with Crippen LogP contribution in [0.2, 0.25) is 0 Å². The van der Waals surface area contributed by atoms with Crippen LogP contribution in [-0.2, 0) is 6.42 Å². The van der Waals surface area contributed by atoms with Crippen LogP contribution in [0.15, 0.2) is 24.3 Å². The van der Waals surface area contributed by atoms with Gasteiger partial charge in [-0.3, -0.25) is 0 Å². The summed E-state index contributed by atoms with van der Waals surface area (Å²) in [5.41, 5.74) is 1.33. The second kappa shape index (κ2) is 8.98. The topological polar surface area (TPSA) is 21.3 Å². The summed E-state index contributed by atoms with van der Waals surface area (Å²) in [5.74, 6) is 2.44. The van der Waals surface area contributed by atoms with Crippen LogP contribution in [0.4, 0.5) is 0 Å². The first kappa shape index (κ1) is 16.0. The summed E-state index contributed by atoms with van der Waals surface area (Å²) >= 11 is 0. The van der Waals surface area contributed by atoms with E-state index in [1.807, 2.05) is 6.07 Å². The second-order valence-corrected chi connectivity index (χ2v) is 5.72. The fourth-order valence-corrected chi connectivity index (χ4v) is 2.57. The van der Waals surface area contributed by atoms with Crippen molar-refractivity contribution in [2.75, 3.05) is 20.2 Å². The van der Waals surface area contributed by atoms with Crippen molar-refractivity contribution in [3.05, 3.63) is 29.8 Å². The van der Waals surface area contributed by atoms with Gasteiger partial charge in [-0.1, -0.05) is 39.0 Å². The number of ether oxygens (including phenoxy) is 1. The Bertz CT molecular complexity index is 349. The van der Waals surface area contributed by atoms with Gasteiger partial charge < -0.3 is 10.1 Å². The maximum absolute atomic E-state index is 5.46. The van der Waals surface area contributed by atoms with Gasteiger partial charge in [0.15, 0.2) is 0 Å². The summed E-state index contributed by atoms with van der Waals surface area (Å²) in [4.78, 5) is 0. The number of para-hydroxylation sites is 1. The molecule has 2 nitrogen and oxygen atoms in total. The molecule has 0 saturated heterocycles. The van der Waals surface area contributed by atoms with Gasteiger partial charge in [-0.2, -0.15) is 0 Å². The minimum atomic E-state index is 0.683. The van der Waals surface area contributed by atoms with Gasteiger partial charge in [-0.05, 0) is 55.8 Å². The van der Waals surface area contributed by atoms with Gasteiger partial charge in [0, 0.05) is 0 Å². The van der Waals surface area contributed by atoms with Gasteiger partial charge in [-0.25, -0.2) is 0 Å². The first-order chi connectivity index (χ1) is 9.17. The molecule has 1 aromatic rings. The second-order valence-electron chi connectivity index (χ2n) is 5.72. The molecule has 1 atom stereocenters. The summed E-state index contributed by atoms with van der Waals surface area (Å²) in [5, 5.41) is 3.56. The number of nitrogens with one attached hydrogen (secondary N) is 1. The molecule has 1 unspecified atom stereocenters. The Morgan fingerprint density at radius 2 is 1.95 bits per heavy atom. The van der Waals surface area contributed by atoms with Crippen molar-refractivity contribution >= 4 is 0 Å². The normalized spacial score (nSPS) is 12.7. The van der Waals surface area contributed by atoms with Crippen LogP contribution in [0, 0.1) is 11.8 Å². The fourth-order valence-electron chi connectivity index (χ4n) is 2.57. The fraction of sp³-hybridized carbons (Fsp3) is 0.647. The van der Waals surface area contributed by atoms with E-state index in [0.29, 0.717) is 5.92 Å². The molecule has 0 radical (unpaired) electrons. The molecule has 0 spiro atoms. The molecule has 0 bridgehead atoms. The molecule has 2 heteroatoms. The van der Waals surface area contributed by atoms with Crippen LogP contribution in [-0.4, -0.2) is 20.2 Å². The predicted molar refractivity (Wildman–Crippen MR) is 82.8 cm³/mol. The molecule has 1 N–H and O–H groups in total. The van der Waals surface area contributed by atoms with E-state index < -0.39 is 0 Å². The Morgan fingerprint density at radius 3 is 2.58 bits per heavy atom. The first-order valence-electron chi connectivity index (χ1n) is 7.50. The molecule has 0 saturated carbocycles. The van der Waals surface area contributed by atoms with Crippen molar-refractivity contribution in [1.82, 2.24) is 5.32 Å². The maximum Gasteiger partial charge on any atom is 0.122 e. The van der Waals surface area contributed by atoms with Gasteiger partial charge in [0.1, 0.15) is 5.75 Å². The molecule has 0 heterocycles. The predicted octanol–water partition coefficient (Wildman–Crippen LogP) is 3.90. The number of methoxy groups -OCH3 is 1. The highest BCUT2D eigenvalue weighted by atomic mass is 16.5.